The van der Waals surface area contributed by atoms with Crippen molar-refractivity contribution in [1.29, 1.82) is 0 Å². The molecule has 29 heavy (non-hydrogen) atoms. The van der Waals surface area contributed by atoms with Gasteiger partial charge in [0.25, 0.3) is 17.7 Å². The molecule has 2 aromatic carbocycles. The van der Waals surface area contributed by atoms with Gasteiger partial charge in [-0.1, -0.05) is 30.3 Å². The second kappa shape index (κ2) is 8.70. The molecule has 3 amide bonds. The first-order chi connectivity index (χ1) is 13.9. The van der Waals surface area contributed by atoms with Crippen molar-refractivity contribution in [3.05, 3.63) is 87.3 Å². The molecule has 148 valence electrons. The summed E-state index contributed by atoms with van der Waals surface area (Å²) in [4.78, 5) is 37.3. The number of amides is 3. The zero-order valence-electron chi connectivity index (χ0n) is 16.1. The summed E-state index contributed by atoms with van der Waals surface area (Å²) in [7, 11) is 0. The molecule has 0 radical (unpaired) electrons. The normalized spacial score (nSPS) is 10.4. The molecule has 0 saturated carbocycles. The van der Waals surface area contributed by atoms with Gasteiger partial charge in [-0.15, -0.1) is 11.3 Å². The van der Waals surface area contributed by atoms with E-state index >= 15 is 0 Å². The van der Waals surface area contributed by atoms with E-state index in [4.69, 9.17) is 5.73 Å². The van der Waals surface area contributed by atoms with Gasteiger partial charge >= 0.3 is 0 Å². The van der Waals surface area contributed by atoms with Crippen LogP contribution in [0.5, 0.6) is 0 Å². The van der Waals surface area contributed by atoms with Crippen LogP contribution in [0.15, 0.2) is 54.6 Å². The van der Waals surface area contributed by atoms with Gasteiger partial charge in [-0.3, -0.25) is 14.4 Å². The smallest absolute Gasteiger partial charge is 0.256 e. The molecular formula is C22H21N3O3S. The zero-order chi connectivity index (χ0) is 21.0. The predicted molar refractivity (Wildman–Crippen MR) is 114 cm³/mol. The molecule has 4 N–H and O–H groups in total. The molecule has 7 heteroatoms. The summed E-state index contributed by atoms with van der Waals surface area (Å²) in [6.45, 7) is 4.03. The Kier molecular flexibility index (Phi) is 6.09. The highest BCUT2D eigenvalue weighted by atomic mass is 32.1. The Morgan fingerprint density at radius 2 is 1.52 bits per heavy atom. The minimum Gasteiger partial charge on any atom is -0.365 e. The summed E-state index contributed by atoms with van der Waals surface area (Å²) in [6.07, 6.45) is 0. The van der Waals surface area contributed by atoms with Crippen LogP contribution in [0.25, 0.3) is 0 Å². The van der Waals surface area contributed by atoms with Gasteiger partial charge in [0, 0.05) is 22.5 Å². The fourth-order valence-corrected chi connectivity index (χ4v) is 3.90. The van der Waals surface area contributed by atoms with Gasteiger partial charge in [-0.25, -0.2) is 0 Å². The fourth-order valence-electron chi connectivity index (χ4n) is 2.83. The van der Waals surface area contributed by atoms with E-state index in [2.05, 4.69) is 10.6 Å². The van der Waals surface area contributed by atoms with Crippen LogP contribution in [-0.2, 0) is 6.54 Å². The second-order valence-electron chi connectivity index (χ2n) is 6.55. The topological polar surface area (TPSA) is 101 Å². The fraction of sp³-hybridized carbons (Fsp3) is 0.136. The highest BCUT2D eigenvalue weighted by Gasteiger charge is 2.19. The van der Waals surface area contributed by atoms with Crippen LogP contribution >= 0.6 is 11.3 Å². The first kappa shape index (κ1) is 20.3. The van der Waals surface area contributed by atoms with Crippen LogP contribution in [0.4, 0.5) is 5.00 Å². The van der Waals surface area contributed by atoms with Gasteiger partial charge in [-0.2, -0.15) is 0 Å². The molecule has 1 aromatic heterocycles. The summed E-state index contributed by atoms with van der Waals surface area (Å²) in [6, 6.07) is 15.9. The average Bonchev–Trinajstić information content (AvgIpc) is 3.00. The Labute approximate surface area is 172 Å². The maximum atomic E-state index is 12.5. The van der Waals surface area contributed by atoms with E-state index in [1.54, 1.807) is 43.3 Å². The van der Waals surface area contributed by atoms with Crippen molar-refractivity contribution in [2.75, 3.05) is 5.32 Å². The highest BCUT2D eigenvalue weighted by Crippen LogP contribution is 2.32. The molecule has 0 aliphatic heterocycles. The van der Waals surface area contributed by atoms with Gasteiger partial charge in [0.1, 0.15) is 5.00 Å². The number of thiophene rings is 1. The van der Waals surface area contributed by atoms with E-state index < -0.39 is 5.91 Å². The molecule has 0 atom stereocenters. The van der Waals surface area contributed by atoms with Gasteiger partial charge in [0.2, 0.25) is 0 Å². The van der Waals surface area contributed by atoms with E-state index in [9.17, 15) is 14.4 Å². The van der Waals surface area contributed by atoms with Crippen molar-refractivity contribution < 1.29 is 14.4 Å². The lowest BCUT2D eigenvalue weighted by Gasteiger charge is -2.08. The lowest BCUT2D eigenvalue weighted by molar-refractivity contribution is 0.0948. The number of hydrogen-bond donors (Lipinski definition) is 3. The number of rotatable bonds is 6. The first-order valence-electron chi connectivity index (χ1n) is 9.00. The lowest BCUT2D eigenvalue weighted by Crippen LogP contribution is -2.22. The van der Waals surface area contributed by atoms with Crippen molar-refractivity contribution in [3.63, 3.8) is 0 Å². The molecule has 0 aliphatic rings. The molecule has 1 heterocycles. The maximum Gasteiger partial charge on any atom is 0.256 e. The van der Waals surface area contributed by atoms with Crippen LogP contribution in [-0.4, -0.2) is 17.7 Å². The monoisotopic (exact) mass is 407 g/mol. The van der Waals surface area contributed by atoms with Gasteiger partial charge in [-0.05, 0) is 49.2 Å². The van der Waals surface area contributed by atoms with Crippen LogP contribution in [0.3, 0.4) is 0 Å². The predicted octanol–water partition coefficient (Wildman–Crippen LogP) is 3.65. The Morgan fingerprint density at radius 3 is 2.14 bits per heavy atom. The summed E-state index contributed by atoms with van der Waals surface area (Å²) in [5.74, 6) is -1.05. The first-order valence-corrected chi connectivity index (χ1v) is 9.81. The third kappa shape index (κ3) is 4.70. The molecule has 0 bridgehead atoms. The molecule has 0 fully saturated rings. The van der Waals surface area contributed by atoms with Crippen molar-refractivity contribution in [1.82, 2.24) is 5.32 Å². The minimum absolute atomic E-state index is 0.158. The van der Waals surface area contributed by atoms with Crippen LogP contribution in [0.1, 0.15) is 47.1 Å². The van der Waals surface area contributed by atoms with Gasteiger partial charge < -0.3 is 16.4 Å². The molecule has 6 nitrogen and oxygen atoms in total. The van der Waals surface area contributed by atoms with Crippen molar-refractivity contribution in [3.8, 4) is 0 Å². The van der Waals surface area contributed by atoms with E-state index in [1.165, 1.54) is 11.3 Å². The van der Waals surface area contributed by atoms with E-state index in [1.807, 2.05) is 25.1 Å². The number of benzene rings is 2. The Hall–Kier alpha value is -3.45. The SMILES string of the molecule is Cc1sc(NC(=O)c2ccc(CNC(=O)c3ccccc3)cc2)c(C(N)=O)c1C. The summed E-state index contributed by atoms with van der Waals surface area (Å²) < 4.78 is 0. The largest absolute Gasteiger partial charge is 0.365 e. The third-order valence-corrected chi connectivity index (χ3v) is 5.69. The number of carbonyl (C=O) groups excluding carboxylic acids is 3. The summed E-state index contributed by atoms with van der Waals surface area (Å²) >= 11 is 1.32. The zero-order valence-corrected chi connectivity index (χ0v) is 16.9. The molecule has 0 saturated heterocycles. The molecule has 0 spiro atoms. The number of anilines is 1. The van der Waals surface area contributed by atoms with E-state index in [0.29, 0.717) is 28.2 Å². The molecule has 0 aliphatic carbocycles. The third-order valence-electron chi connectivity index (χ3n) is 4.56. The van der Waals surface area contributed by atoms with Crippen molar-refractivity contribution >= 4 is 34.1 Å². The highest BCUT2D eigenvalue weighted by molar-refractivity contribution is 7.16. The Morgan fingerprint density at radius 1 is 0.897 bits per heavy atom. The number of primary amides is 1. The number of hydrogen-bond acceptors (Lipinski definition) is 4. The van der Waals surface area contributed by atoms with Crippen LogP contribution < -0.4 is 16.4 Å². The number of aryl methyl sites for hydroxylation is 1. The van der Waals surface area contributed by atoms with Gasteiger partial charge in [0.05, 0.1) is 5.56 Å². The molecular weight excluding hydrogens is 386 g/mol. The summed E-state index contributed by atoms with van der Waals surface area (Å²) in [5, 5.41) is 6.07. The van der Waals surface area contributed by atoms with Crippen LogP contribution in [0.2, 0.25) is 0 Å². The average molecular weight is 407 g/mol. The lowest BCUT2D eigenvalue weighted by atomic mass is 10.1. The van der Waals surface area contributed by atoms with E-state index in [-0.39, 0.29) is 11.8 Å². The quantitative estimate of drug-likeness (QED) is 0.581. The summed E-state index contributed by atoms with van der Waals surface area (Å²) in [5.41, 5.74) is 8.48. The number of nitrogens with one attached hydrogen (secondary N) is 2. The molecule has 3 aromatic rings. The number of carbonyl (C=O) groups is 3. The second-order valence-corrected chi connectivity index (χ2v) is 7.78. The number of nitrogens with two attached hydrogens (primary N) is 1. The van der Waals surface area contributed by atoms with Gasteiger partial charge in [0.15, 0.2) is 0 Å². The Balaban J connectivity index is 1.64. The van der Waals surface area contributed by atoms with Crippen molar-refractivity contribution in [2.24, 2.45) is 5.73 Å². The van der Waals surface area contributed by atoms with E-state index in [0.717, 1.165) is 16.0 Å². The van der Waals surface area contributed by atoms with Crippen LogP contribution in [0, 0.1) is 13.8 Å². The Bertz CT molecular complexity index is 1060. The van der Waals surface area contributed by atoms with Crippen molar-refractivity contribution in [2.45, 2.75) is 20.4 Å². The minimum atomic E-state index is -0.563. The standard InChI is InChI=1S/C22H21N3O3S/c1-13-14(2)29-22(18(13)19(23)26)25-21(28)17-10-8-15(9-11-17)12-24-20(27)16-6-4-3-5-7-16/h3-11H,12H2,1-2H3,(H2,23,26)(H,24,27)(H,25,28). The molecule has 0 unspecified atom stereocenters. The molecule has 3 rings (SSSR count). The maximum absolute atomic E-state index is 12.5.